The highest BCUT2D eigenvalue weighted by molar-refractivity contribution is 7.99. The quantitative estimate of drug-likeness (QED) is 0.309. The van der Waals surface area contributed by atoms with Crippen molar-refractivity contribution in [1.29, 1.82) is 0 Å². The van der Waals surface area contributed by atoms with Gasteiger partial charge in [0.25, 0.3) is 0 Å². The Balaban J connectivity index is 1.72. The van der Waals surface area contributed by atoms with Crippen molar-refractivity contribution < 1.29 is 13.6 Å². The maximum absolute atomic E-state index is 14.7. The summed E-state index contributed by atoms with van der Waals surface area (Å²) in [6.45, 7) is 3.84. The van der Waals surface area contributed by atoms with Crippen LogP contribution in [0.3, 0.4) is 0 Å². The van der Waals surface area contributed by atoms with Crippen LogP contribution in [0.15, 0.2) is 59.8 Å². The van der Waals surface area contributed by atoms with Gasteiger partial charge in [-0.25, -0.2) is 8.78 Å². The van der Waals surface area contributed by atoms with E-state index in [1.165, 1.54) is 28.5 Å². The molecule has 4 aromatic rings. The summed E-state index contributed by atoms with van der Waals surface area (Å²) < 4.78 is 31.6. The van der Waals surface area contributed by atoms with Crippen LogP contribution in [0.5, 0.6) is 0 Å². The molecule has 0 bridgehead atoms. The van der Waals surface area contributed by atoms with Gasteiger partial charge in [-0.05, 0) is 32.0 Å². The molecule has 0 saturated carbocycles. The van der Waals surface area contributed by atoms with E-state index in [-0.39, 0.29) is 17.2 Å². The van der Waals surface area contributed by atoms with E-state index < -0.39 is 11.6 Å². The first kappa shape index (κ1) is 21.0. The second-order valence-corrected chi connectivity index (χ2v) is 8.10. The lowest BCUT2D eigenvalue weighted by molar-refractivity contribution is 0.102. The molecule has 0 radical (unpaired) electrons. The van der Waals surface area contributed by atoms with Crippen LogP contribution in [0.1, 0.15) is 21.7 Å². The van der Waals surface area contributed by atoms with Gasteiger partial charge >= 0.3 is 0 Å². The zero-order valence-electron chi connectivity index (χ0n) is 17.3. The van der Waals surface area contributed by atoms with Gasteiger partial charge < -0.3 is 4.57 Å². The Morgan fingerprint density at radius 2 is 1.77 bits per heavy atom. The number of halogens is 2. The van der Waals surface area contributed by atoms with Gasteiger partial charge in [0.2, 0.25) is 0 Å². The van der Waals surface area contributed by atoms with E-state index in [1.54, 1.807) is 0 Å². The van der Waals surface area contributed by atoms with Gasteiger partial charge in [0, 0.05) is 35.6 Å². The molecule has 0 aliphatic rings. The van der Waals surface area contributed by atoms with E-state index in [0.29, 0.717) is 16.5 Å². The highest BCUT2D eigenvalue weighted by Gasteiger charge is 2.21. The molecule has 0 unspecified atom stereocenters. The average molecular weight is 439 g/mol. The Labute approximate surface area is 182 Å². The molecule has 0 fully saturated rings. The van der Waals surface area contributed by atoms with Crippen LogP contribution in [-0.2, 0) is 7.05 Å². The predicted octanol–water partition coefficient (Wildman–Crippen LogP) is 5.14. The first-order valence-corrected chi connectivity index (χ1v) is 10.6. The maximum Gasteiger partial charge on any atom is 0.196 e. The summed E-state index contributed by atoms with van der Waals surface area (Å²) in [7, 11) is 1.91. The number of hydrogen-bond acceptors (Lipinski definition) is 4. The van der Waals surface area contributed by atoms with E-state index in [1.807, 2.05) is 61.9 Å². The zero-order valence-corrected chi connectivity index (χ0v) is 18.1. The minimum Gasteiger partial charge on any atom is -0.351 e. The van der Waals surface area contributed by atoms with Crippen LogP contribution in [0.25, 0.3) is 17.1 Å². The third-order valence-corrected chi connectivity index (χ3v) is 6.15. The molecule has 2 heterocycles. The predicted molar refractivity (Wildman–Crippen MR) is 117 cm³/mol. The topological polar surface area (TPSA) is 52.7 Å². The Hall–Kier alpha value is -3.26. The molecule has 8 heteroatoms. The van der Waals surface area contributed by atoms with E-state index in [9.17, 15) is 13.6 Å². The van der Waals surface area contributed by atoms with Crippen molar-refractivity contribution in [2.45, 2.75) is 19.0 Å². The van der Waals surface area contributed by atoms with Crippen molar-refractivity contribution in [2.24, 2.45) is 7.05 Å². The van der Waals surface area contributed by atoms with E-state index in [0.717, 1.165) is 23.0 Å². The van der Waals surface area contributed by atoms with Crippen molar-refractivity contribution in [3.05, 3.63) is 83.2 Å². The van der Waals surface area contributed by atoms with E-state index in [2.05, 4.69) is 10.2 Å². The number of carbonyl (C=O) groups is 1. The summed E-state index contributed by atoms with van der Waals surface area (Å²) in [6, 6.07) is 14.4. The summed E-state index contributed by atoms with van der Waals surface area (Å²) in [5.41, 5.74) is 3.38. The Kier molecular flexibility index (Phi) is 5.73. The molecule has 0 aliphatic heterocycles. The molecule has 31 heavy (non-hydrogen) atoms. The second-order valence-electron chi connectivity index (χ2n) is 7.16. The monoisotopic (exact) mass is 438 g/mol. The lowest BCUT2D eigenvalue weighted by atomic mass is 10.2. The SMILES string of the molecule is Cc1cc(C(=O)CSc2nnc(-c3ccccc3)n2-c2ccc(F)cc2F)c(C)n1C. The number of hydrogen-bond donors (Lipinski definition) is 0. The van der Waals surface area contributed by atoms with Crippen LogP contribution >= 0.6 is 11.8 Å². The van der Waals surface area contributed by atoms with Crippen LogP contribution < -0.4 is 0 Å². The minimum absolute atomic E-state index is 0.0541. The molecule has 0 amide bonds. The molecular formula is C23H20F2N4OS. The van der Waals surface area contributed by atoms with Crippen molar-refractivity contribution in [1.82, 2.24) is 19.3 Å². The second kappa shape index (κ2) is 8.47. The van der Waals surface area contributed by atoms with Gasteiger partial charge in [-0.15, -0.1) is 10.2 Å². The summed E-state index contributed by atoms with van der Waals surface area (Å²) in [5, 5.41) is 8.78. The van der Waals surface area contributed by atoms with Crippen LogP contribution in [-0.4, -0.2) is 30.9 Å². The van der Waals surface area contributed by atoms with Crippen LogP contribution in [0.4, 0.5) is 8.78 Å². The fraction of sp³-hybridized carbons (Fsp3) is 0.174. The maximum atomic E-state index is 14.7. The Bertz CT molecular complexity index is 1260. The number of Topliss-reactive ketones (excluding diaryl/α,β-unsaturated/α-hetero) is 1. The summed E-state index contributed by atoms with van der Waals surface area (Å²) in [4.78, 5) is 12.8. The number of carbonyl (C=O) groups excluding carboxylic acids is 1. The van der Waals surface area contributed by atoms with E-state index in [4.69, 9.17) is 0 Å². The summed E-state index contributed by atoms with van der Waals surface area (Å²) in [6.07, 6.45) is 0. The van der Waals surface area contributed by atoms with Crippen molar-refractivity contribution in [3.63, 3.8) is 0 Å². The highest BCUT2D eigenvalue weighted by atomic mass is 32.2. The average Bonchev–Trinajstić information content (AvgIpc) is 3.29. The van der Waals surface area contributed by atoms with Gasteiger partial charge in [-0.1, -0.05) is 42.1 Å². The molecule has 2 aromatic heterocycles. The minimum atomic E-state index is -0.736. The standard InChI is InChI=1S/C23H20F2N4OS/c1-14-11-18(15(2)28(14)3)21(30)13-31-23-27-26-22(16-7-5-4-6-8-16)29(23)20-10-9-17(24)12-19(20)25/h4-12H,13H2,1-3H3. The molecule has 5 nitrogen and oxygen atoms in total. The lowest BCUT2D eigenvalue weighted by Crippen LogP contribution is -2.07. The van der Waals surface area contributed by atoms with Gasteiger partial charge in [-0.2, -0.15) is 0 Å². The number of ketones is 1. The number of thioether (sulfide) groups is 1. The first-order chi connectivity index (χ1) is 14.9. The largest absolute Gasteiger partial charge is 0.351 e. The summed E-state index contributed by atoms with van der Waals surface area (Å²) in [5.74, 6) is -0.941. The number of benzene rings is 2. The number of aryl methyl sites for hydroxylation is 1. The molecule has 0 saturated heterocycles. The number of nitrogens with zero attached hydrogens (tertiary/aromatic N) is 4. The van der Waals surface area contributed by atoms with Crippen molar-refractivity contribution in [2.75, 3.05) is 5.75 Å². The summed E-state index contributed by atoms with van der Waals surface area (Å²) >= 11 is 1.17. The fourth-order valence-electron chi connectivity index (χ4n) is 3.36. The zero-order chi connectivity index (χ0) is 22.1. The normalized spacial score (nSPS) is 11.1. The molecule has 0 N–H and O–H groups in total. The third kappa shape index (κ3) is 4.03. The first-order valence-electron chi connectivity index (χ1n) is 9.62. The van der Waals surface area contributed by atoms with Gasteiger partial charge in [0.05, 0.1) is 11.4 Å². The fourth-order valence-corrected chi connectivity index (χ4v) is 4.19. The molecule has 0 aliphatic carbocycles. The number of aromatic nitrogens is 4. The Morgan fingerprint density at radius 3 is 2.42 bits per heavy atom. The van der Waals surface area contributed by atoms with Crippen molar-refractivity contribution in [3.8, 4) is 17.1 Å². The van der Waals surface area contributed by atoms with E-state index >= 15 is 0 Å². The Morgan fingerprint density at radius 1 is 1.03 bits per heavy atom. The highest BCUT2D eigenvalue weighted by Crippen LogP contribution is 2.30. The third-order valence-electron chi connectivity index (χ3n) is 5.22. The van der Waals surface area contributed by atoms with Gasteiger partial charge in [0.1, 0.15) is 11.6 Å². The molecule has 0 spiro atoms. The smallest absolute Gasteiger partial charge is 0.196 e. The molecule has 158 valence electrons. The lowest BCUT2D eigenvalue weighted by Gasteiger charge is -2.11. The molecule has 2 aromatic carbocycles. The molecule has 0 atom stereocenters. The number of rotatable bonds is 6. The van der Waals surface area contributed by atoms with Crippen LogP contribution in [0, 0.1) is 25.5 Å². The van der Waals surface area contributed by atoms with Crippen LogP contribution in [0.2, 0.25) is 0 Å². The van der Waals surface area contributed by atoms with Crippen molar-refractivity contribution >= 4 is 17.5 Å². The molecular weight excluding hydrogens is 418 g/mol. The molecule has 4 rings (SSSR count). The van der Waals surface area contributed by atoms with Gasteiger partial charge in [-0.3, -0.25) is 9.36 Å². The van der Waals surface area contributed by atoms with Gasteiger partial charge in [0.15, 0.2) is 16.8 Å².